The van der Waals surface area contributed by atoms with Gasteiger partial charge in [-0.15, -0.1) is 0 Å². The molecule has 0 aliphatic heterocycles. The molecule has 3 heteroatoms. The normalized spacial score (nSPS) is 12.2. The molecule has 0 saturated heterocycles. The highest BCUT2D eigenvalue weighted by Gasteiger charge is 2.03. The van der Waals surface area contributed by atoms with Crippen LogP contribution in [0.15, 0.2) is 31.1 Å². The van der Waals surface area contributed by atoms with E-state index in [1.54, 1.807) is 12.4 Å². The smallest absolute Gasteiger partial charge is 0.130 e. The van der Waals surface area contributed by atoms with E-state index in [0.29, 0.717) is 12.5 Å². The van der Waals surface area contributed by atoms with Crippen molar-refractivity contribution in [2.45, 2.75) is 12.8 Å². The van der Waals surface area contributed by atoms with Crippen LogP contribution < -0.4 is 11.1 Å². The summed E-state index contributed by atoms with van der Waals surface area (Å²) in [5.41, 5.74) is 6.76. The third kappa shape index (κ3) is 2.56. The maximum absolute atomic E-state index is 5.57. The van der Waals surface area contributed by atoms with Crippen molar-refractivity contribution in [2.75, 3.05) is 11.9 Å². The summed E-state index contributed by atoms with van der Waals surface area (Å²) in [6, 6.07) is 3.96. The number of nitrogens with two attached hydrogens (primary N) is 1. The van der Waals surface area contributed by atoms with Gasteiger partial charge >= 0.3 is 0 Å². The van der Waals surface area contributed by atoms with Crippen LogP contribution in [0.1, 0.15) is 18.4 Å². The first-order chi connectivity index (χ1) is 6.27. The molecule has 3 nitrogen and oxygen atoms in total. The summed E-state index contributed by atoms with van der Waals surface area (Å²) in [7, 11) is 0. The summed E-state index contributed by atoms with van der Waals surface area (Å²) in [6.45, 7) is 6.32. The minimum atomic E-state index is 0.369. The van der Waals surface area contributed by atoms with Crippen LogP contribution in [0, 0.1) is 0 Å². The highest BCUT2D eigenvalue weighted by molar-refractivity contribution is 5.40. The lowest BCUT2D eigenvalue weighted by Crippen LogP contribution is -2.09. The highest BCUT2D eigenvalue weighted by atomic mass is 15.0. The van der Waals surface area contributed by atoms with Crippen LogP contribution in [0.3, 0.4) is 0 Å². The quantitative estimate of drug-likeness (QED) is 0.736. The molecule has 0 aliphatic rings. The molecule has 0 spiro atoms. The molecule has 1 heterocycles. The Balaban J connectivity index is 2.84. The molecule has 0 aliphatic carbocycles. The zero-order valence-electron chi connectivity index (χ0n) is 7.83. The van der Waals surface area contributed by atoms with Crippen LogP contribution in [-0.4, -0.2) is 11.5 Å². The minimum Gasteiger partial charge on any atom is -0.347 e. The number of anilines is 1. The molecule has 0 saturated carbocycles. The number of nitrogens with one attached hydrogen (secondary N) is 1. The number of hydrogen-bond acceptors (Lipinski definition) is 3. The van der Waals surface area contributed by atoms with Crippen LogP contribution in [0.4, 0.5) is 5.82 Å². The van der Waals surface area contributed by atoms with Gasteiger partial charge in [-0.25, -0.2) is 4.98 Å². The fourth-order valence-corrected chi connectivity index (χ4v) is 1.07. The molecule has 0 radical (unpaired) electrons. The largest absolute Gasteiger partial charge is 0.347 e. The topological polar surface area (TPSA) is 50.9 Å². The molecular weight excluding hydrogens is 162 g/mol. The Bertz CT molecular complexity index is 283. The van der Waals surface area contributed by atoms with Crippen LogP contribution in [0.25, 0.3) is 0 Å². The lowest BCUT2D eigenvalue weighted by molar-refractivity contribution is 0.773. The van der Waals surface area contributed by atoms with Gasteiger partial charge in [-0.2, -0.15) is 0 Å². The van der Waals surface area contributed by atoms with Crippen molar-refractivity contribution in [2.24, 2.45) is 5.73 Å². The summed E-state index contributed by atoms with van der Waals surface area (Å²) in [5, 5.41) is 2.94. The standard InChI is InChI=1S/C10H15N3/c1-3-12-10-6-9(4-5-13-10)8(2)7-11/h3-6,8H,1,7,11H2,2H3,(H,12,13). The van der Waals surface area contributed by atoms with Crippen LogP contribution in [0.5, 0.6) is 0 Å². The van der Waals surface area contributed by atoms with E-state index in [1.807, 2.05) is 12.1 Å². The molecule has 70 valence electrons. The van der Waals surface area contributed by atoms with Gasteiger partial charge in [0.15, 0.2) is 0 Å². The van der Waals surface area contributed by atoms with Crippen molar-refractivity contribution in [3.05, 3.63) is 36.7 Å². The predicted molar refractivity (Wildman–Crippen MR) is 55.5 cm³/mol. The Labute approximate surface area is 78.7 Å². The van der Waals surface area contributed by atoms with Crippen LogP contribution in [-0.2, 0) is 0 Å². The third-order valence-electron chi connectivity index (χ3n) is 1.96. The minimum absolute atomic E-state index is 0.369. The molecule has 0 amide bonds. The number of nitrogens with zero attached hydrogens (tertiary/aromatic N) is 1. The van der Waals surface area contributed by atoms with Gasteiger partial charge in [-0.1, -0.05) is 13.5 Å². The van der Waals surface area contributed by atoms with Gasteiger partial charge < -0.3 is 11.1 Å². The lowest BCUT2D eigenvalue weighted by atomic mass is 10.0. The van der Waals surface area contributed by atoms with Gasteiger partial charge in [-0.3, -0.25) is 0 Å². The Morgan fingerprint density at radius 2 is 2.54 bits per heavy atom. The van der Waals surface area contributed by atoms with Crippen molar-refractivity contribution < 1.29 is 0 Å². The first-order valence-electron chi connectivity index (χ1n) is 4.31. The average Bonchev–Trinajstić information content (AvgIpc) is 2.18. The second-order valence-electron chi connectivity index (χ2n) is 2.96. The first kappa shape index (κ1) is 9.74. The van der Waals surface area contributed by atoms with Crippen molar-refractivity contribution in [3.63, 3.8) is 0 Å². The summed E-state index contributed by atoms with van der Waals surface area (Å²) in [6.07, 6.45) is 3.38. The number of hydrogen-bond donors (Lipinski definition) is 2. The molecule has 13 heavy (non-hydrogen) atoms. The van der Waals surface area contributed by atoms with Crippen molar-refractivity contribution in [3.8, 4) is 0 Å². The molecule has 1 aromatic heterocycles. The molecule has 0 fully saturated rings. The van der Waals surface area contributed by atoms with Crippen molar-refractivity contribution in [1.29, 1.82) is 0 Å². The van der Waals surface area contributed by atoms with Gasteiger partial charge in [0.05, 0.1) is 0 Å². The van der Waals surface area contributed by atoms with E-state index >= 15 is 0 Å². The Kier molecular flexibility index (Phi) is 3.46. The summed E-state index contributed by atoms with van der Waals surface area (Å²) < 4.78 is 0. The SMILES string of the molecule is C=CNc1cc(C(C)CN)ccn1. The molecule has 3 N–H and O–H groups in total. The molecule has 1 atom stereocenters. The summed E-state index contributed by atoms with van der Waals surface area (Å²) in [5.74, 6) is 1.18. The maximum atomic E-state index is 5.57. The Morgan fingerprint density at radius 3 is 3.15 bits per heavy atom. The fraction of sp³-hybridized carbons (Fsp3) is 0.300. The van der Waals surface area contributed by atoms with Gasteiger partial charge in [-0.05, 0) is 36.4 Å². The van der Waals surface area contributed by atoms with Gasteiger partial charge in [0, 0.05) is 6.20 Å². The van der Waals surface area contributed by atoms with Gasteiger partial charge in [0.1, 0.15) is 5.82 Å². The van der Waals surface area contributed by atoms with E-state index in [-0.39, 0.29) is 0 Å². The second kappa shape index (κ2) is 4.62. The van der Waals surface area contributed by atoms with E-state index in [9.17, 15) is 0 Å². The fourth-order valence-electron chi connectivity index (χ4n) is 1.07. The lowest BCUT2D eigenvalue weighted by Gasteiger charge is -2.09. The predicted octanol–water partition coefficient (Wildman–Crippen LogP) is 1.70. The monoisotopic (exact) mass is 177 g/mol. The zero-order chi connectivity index (χ0) is 9.68. The number of rotatable bonds is 4. The molecule has 0 bridgehead atoms. The Morgan fingerprint density at radius 1 is 1.77 bits per heavy atom. The summed E-state index contributed by atoms with van der Waals surface area (Å²) >= 11 is 0. The van der Waals surface area contributed by atoms with E-state index in [4.69, 9.17) is 5.73 Å². The van der Waals surface area contributed by atoms with Crippen LogP contribution >= 0.6 is 0 Å². The third-order valence-corrected chi connectivity index (χ3v) is 1.96. The van der Waals surface area contributed by atoms with E-state index < -0.39 is 0 Å². The molecule has 1 aromatic rings. The average molecular weight is 177 g/mol. The van der Waals surface area contributed by atoms with E-state index in [1.165, 1.54) is 5.56 Å². The van der Waals surface area contributed by atoms with E-state index in [0.717, 1.165) is 5.82 Å². The molecule has 1 rings (SSSR count). The van der Waals surface area contributed by atoms with E-state index in [2.05, 4.69) is 23.8 Å². The van der Waals surface area contributed by atoms with Crippen molar-refractivity contribution in [1.82, 2.24) is 4.98 Å². The summed E-state index contributed by atoms with van der Waals surface area (Å²) in [4.78, 5) is 4.12. The molecular formula is C10H15N3. The molecule has 0 aromatic carbocycles. The highest BCUT2D eigenvalue weighted by Crippen LogP contribution is 2.15. The van der Waals surface area contributed by atoms with Crippen molar-refractivity contribution >= 4 is 5.82 Å². The van der Waals surface area contributed by atoms with Gasteiger partial charge in [0.2, 0.25) is 0 Å². The Hall–Kier alpha value is -1.35. The zero-order valence-corrected chi connectivity index (χ0v) is 7.83. The van der Waals surface area contributed by atoms with Gasteiger partial charge in [0.25, 0.3) is 0 Å². The second-order valence-corrected chi connectivity index (χ2v) is 2.96. The first-order valence-corrected chi connectivity index (χ1v) is 4.31. The number of aromatic nitrogens is 1. The maximum Gasteiger partial charge on any atom is 0.130 e. The van der Waals surface area contributed by atoms with Crippen LogP contribution in [0.2, 0.25) is 0 Å². The molecule has 1 unspecified atom stereocenters. The number of pyridine rings is 1.